The maximum absolute atomic E-state index is 12.7. The minimum Gasteiger partial charge on any atom is -0.342 e. The molecule has 18 heavy (non-hydrogen) atoms. The maximum Gasteiger partial charge on any atom is 0.411 e. The van der Waals surface area contributed by atoms with Gasteiger partial charge in [-0.3, -0.25) is 4.79 Å². The van der Waals surface area contributed by atoms with Gasteiger partial charge in [-0.2, -0.15) is 13.2 Å². The van der Waals surface area contributed by atoms with E-state index in [9.17, 15) is 18.0 Å². The Morgan fingerprint density at radius 2 is 1.78 bits per heavy atom. The summed E-state index contributed by atoms with van der Waals surface area (Å²) in [6, 6.07) is 0. The lowest BCUT2D eigenvalue weighted by atomic mass is 9.91. The van der Waals surface area contributed by atoms with Gasteiger partial charge in [-0.1, -0.05) is 0 Å². The molecule has 2 N–H and O–H groups in total. The second kappa shape index (κ2) is 3.62. The molecule has 0 aromatic carbocycles. The Bertz CT molecular complexity index is 370. The number of hydrogen-bond acceptors (Lipinski definition) is 2. The smallest absolute Gasteiger partial charge is 0.342 e. The molecule has 3 nitrogen and oxygen atoms in total. The van der Waals surface area contributed by atoms with Crippen LogP contribution in [0, 0.1) is 11.3 Å². The van der Waals surface area contributed by atoms with E-state index in [0.29, 0.717) is 0 Å². The van der Waals surface area contributed by atoms with Gasteiger partial charge in [0.1, 0.15) is 5.54 Å². The fraction of sp³-hybridized carbons (Fsp3) is 0.917. The quantitative estimate of drug-likeness (QED) is 0.793. The molecule has 1 amide bonds. The number of amides is 1. The van der Waals surface area contributed by atoms with E-state index in [1.165, 1.54) is 0 Å². The van der Waals surface area contributed by atoms with Crippen LogP contribution in [0.3, 0.4) is 0 Å². The van der Waals surface area contributed by atoms with Crippen LogP contribution in [-0.2, 0) is 4.79 Å². The number of piperidine rings is 1. The highest BCUT2D eigenvalue weighted by Crippen LogP contribution is 2.59. The van der Waals surface area contributed by atoms with Gasteiger partial charge in [0.25, 0.3) is 0 Å². The third-order valence-corrected chi connectivity index (χ3v) is 4.76. The molecule has 1 heterocycles. The van der Waals surface area contributed by atoms with E-state index in [4.69, 9.17) is 0 Å². The Labute approximate surface area is 103 Å². The van der Waals surface area contributed by atoms with Crippen LogP contribution in [0.1, 0.15) is 32.1 Å². The fourth-order valence-electron chi connectivity index (χ4n) is 3.12. The van der Waals surface area contributed by atoms with E-state index in [-0.39, 0.29) is 30.1 Å². The zero-order chi connectivity index (χ0) is 13.0. The van der Waals surface area contributed by atoms with Crippen molar-refractivity contribution in [1.29, 1.82) is 0 Å². The molecule has 6 heteroatoms. The van der Waals surface area contributed by atoms with E-state index in [2.05, 4.69) is 10.6 Å². The molecular weight excluding hydrogens is 245 g/mol. The van der Waals surface area contributed by atoms with E-state index < -0.39 is 11.7 Å². The third kappa shape index (κ3) is 1.81. The van der Waals surface area contributed by atoms with Crippen molar-refractivity contribution in [1.82, 2.24) is 10.6 Å². The maximum atomic E-state index is 12.7. The van der Waals surface area contributed by atoms with Crippen molar-refractivity contribution >= 4 is 5.91 Å². The molecule has 1 unspecified atom stereocenters. The van der Waals surface area contributed by atoms with Crippen LogP contribution >= 0.6 is 0 Å². The molecule has 0 bridgehead atoms. The molecule has 0 aromatic heterocycles. The standard InChI is InChI=1S/C12H17F3N2O/c13-12(14,15)11(1-2-11)17-9(18)8-7-10(8)3-5-16-6-4-10/h8,16H,1-7H2,(H,17,18). The van der Waals surface area contributed by atoms with E-state index in [1.807, 2.05) is 0 Å². The van der Waals surface area contributed by atoms with E-state index in [1.54, 1.807) is 0 Å². The first kappa shape index (κ1) is 12.3. The summed E-state index contributed by atoms with van der Waals surface area (Å²) >= 11 is 0. The molecule has 0 aromatic rings. The molecular formula is C12H17F3N2O. The van der Waals surface area contributed by atoms with Gasteiger partial charge in [0, 0.05) is 5.92 Å². The molecule has 102 valence electrons. The van der Waals surface area contributed by atoms with Gasteiger partial charge in [-0.15, -0.1) is 0 Å². The first-order chi connectivity index (χ1) is 8.39. The summed E-state index contributed by atoms with van der Waals surface area (Å²) in [6.45, 7) is 1.74. The highest BCUT2D eigenvalue weighted by Gasteiger charge is 2.66. The first-order valence-corrected chi connectivity index (χ1v) is 6.48. The lowest BCUT2D eigenvalue weighted by molar-refractivity contribution is -0.171. The average molecular weight is 262 g/mol. The van der Waals surface area contributed by atoms with Gasteiger partial charge < -0.3 is 10.6 Å². The van der Waals surface area contributed by atoms with Crippen molar-refractivity contribution in [2.75, 3.05) is 13.1 Å². The van der Waals surface area contributed by atoms with Crippen molar-refractivity contribution in [2.24, 2.45) is 11.3 Å². The lowest BCUT2D eigenvalue weighted by Crippen LogP contribution is -2.49. The van der Waals surface area contributed by atoms with Crippen molar-refractivity contribution in [3.05, 3.63) is 0 Å². The van der Waals surface area contributed by atoms with Gasteiger partial charge in [-0.25, -0.2) is 0 Å². The Balaban J connectivity index is 1.61. The monoisotopic (exact) mass is 262 g/mol. The topological polar surface area (TPSA) is 41.1 Å². The van der Waals surface area contributed by atoms with Gasteiger partial charge in [0.05, 0.1) is 0 Å². The second-order valence-electron chi connectivity index (χ2n) is 5.94. The number of halogens is 3. The molecule has 1 atom stereocenters. The normalized spacial score (nSPS) is 32.1. The molecule has 2 saturated carbocycles. The summed E-state index contributed by atoms with van der Waals surface area (Å²) < 4.78 is 38.2. The van der Waals surface area contributed by atoms with Gasteiger partial charge in [-0.05, 0) is 50.6 Å². The predicted octanol–water partition coefficient (Wildman–Crippen LogP) is 1.59. The Morgan fingerprint density at radius 1 is 1.17 bits per heavy atom. The molecule has 3 fully saturated rings. The molecule has 2 aliphatic carbocycles. The minimum atomic E-state index is -4.31. The Kier molecular flexibility index (Phi) is 2.47. The molecule has 3 rings (SSSR count). The first-order valence-electron chi connectivity index (χ1n) is 6.48. The number of nitrogens with one attached hydrogen (secondary N) is 2. The van der Waals surface area contributed by atoms with Gasteiger partial charge >= 0.3 is 6.18 Å². The number of alkyl halides is 3. The van der Waals surface area contributed by atoms with Crippen LogP contribution in [0.15, 0.2) is 0 Å². The summed E-state index contributed by atoms with van der Waals surface area (Å²) in [7, 11) is 0. The average Bonchev–Trinajstić information content (AvgIpc) is 3.17. The van der Waals surface area contributed by atoms with Crippen molar-refractivity contribution < 1.29 is 18.0 Å². The second-order valence-corrected chi connectivity index (χ2v) is 5.94. The largest absolute Gasteiger partial charge is 0.411 e. The third-order valence-electron chi connectivity index (χ3n) is 4.76. The predicted molar refractivity (Wildman–Crippen MR) is 58.8 cm³/mol. The Morgan fingerprint density at radius 3 is 2.28 bits per heavy atom. The summed E-state index contributed by atoms with van der Waals surface area (Å²) in [5.74, 6) is -0.578. The van der Waals surface area contributed by atoms with Crippen LogP contribution in [0.2, 0.25) is 0 Å². The summed E-state index contributed by atoms with van der Waals surface area (Å²) in [6.07, 6.45) is -1.67. The summed E-state index contributed by atoms with van der Waals surface area (Å²) in [5.41, 5.74) is -1.90. The van der Waals surface area contributed by atoms with E-state index in [0.717, 1.165) is 32.4 Å². The van der Waals surface area contributed by atoms with Crippen LogP contribution < -0.4 is 10.6 Å². The minimum absolute atomic E-state index is 0.00296. The molecule has 1 spiro atoms. The van der Waals surface area contributed by atoms with Crippen molar-refractivity contribution in [3.63, 3.8) is 0 Å². The van der Waals surface area contributed by atoms with Crippen LogP contribution in [0.25, 0.3) is 0 Å². The highest BCUT2D eigenvalue weighted by molar-refractivity contribution is 5.83. The number of hydrogen-bond donors (Lipinski definition) is 2. The molecule has 1 saturated heterocycles. The van der Waals surface area contributed by atoms with E-state index >= 15 is 0 Å². The summed E-state index contributed by atoms with van der Waals surface area (Å²) in [4.78, 5) is 11.9. The fourth-order valence-corrected chi connectivity index (χ4v) is 3.12. The number of carbonyl (C=O) groups excluding carboxylic acids is 1. The van der Waals surface area contributed by atoms with Gasteiger partial charge in [0.15, 0.2) is 0 Å². The molecule has 3 aliphatic rings. The SMILES string of the molecule is O=C(NC1(C(F)(F)F)CC1)C1CC12CCNCC2. The van der Waals surface area contributed by atoms with Gasteiger partial charge in [0.2, 0.25) is 5.91 Å². The van der Waals surface area contributed by atoms with Crippen molar-refractivity contribution in [3.8, 4) is 0 Å². The van der Waals surface area contributed by atoms with Crippen molar-refractivity contribution in [2.45, 2.75) is 43.8 Å². The molecule has 0 radical (unpaired) electrons. The number of rotatable bonds is 2. The zero-order valence-corrected chi connectivity index (χ0v) is 10.1. The number of carbonyl (C=O) groups is 1. The van der Waals surface area contributed by atoms with Crippen LogP contribution in [0.4, 0.5) is 13.2 Å². The van der Waals surface area contributed by atoms with Crippen LogP contribution in [0.5, 0.6) is 0 Å². The highest BCUT2D eigenvalue weighted by atomic mass is 19.4. The lowest BCUT2D eigenvalue weighted by Gasteiger charge is -2.25. The van der Waals surface area contributed by atoms with Crippen LogP contribution in [-0.4, -0.2) is 30.7 Å². The Hall–Kier alpha value is -0.780. The summed E-state index contributed by atoms with van der Waals surface area (Å²) in [5, 5.41) is 5.47. The zero-order valence-electron chi connectivity index (χ0n) is 10.1. The molecule has 1 aliphatic heterocycles.